The largest absolute Gasteiger partial charge is 0.192 e. The summed E-state index contributed by atoms with van der Waals surface area (Å²) in [7, 11) is 0. The van der Waals surface area contributed by atoms with Crippen molar-refractivity contribution >= 4 is 0 Å². The smallest absolute Gasteiger partial charge is 0.128 e. The highest BCUT2D eigenvalue weighted by atomic mass is 14.3. The molecule has 0 aliphatic carbocycles. The van der Waals surface area contributed by atoms with E-state index in [0.29, 0.717) is 0 Å². The maximum Gasteiger partial charge on any atom is 0.128 e. The van der Waals surface area contributed by atoms with Gasteiger partial charge in [-0.1, -0.05) is 0 Å². The van der Waals surface area contributed by atoms with Gasteiger partial charge in [0.05, 0.1) is 0 Å². The van der Waals surface area contributed by atoms with Gasteiger partial charge in [0.2, 0.25) is 0 Å². The molecule has 8 heavy (non-hydrogen) atoms. The van der Waals surface area contributed by atoms with Gasteiger partial charge >= 0.3 is 0 Å². The summed E-state index contributed by atoms with van der Waals surface area (Å²) in [6, 6.07) is 3.54. The standard InChI is InChI=1S/C6H6N2/c1-5(2)6(3-7)4-8/h1-2H3. The zero-order valence-electron chi connectivity index (χ0n) is 4.89. The molecular weight excluding hydrogens is 100 g/mol. The second-order valence-corrected chi connectivity index (χ2v) is 1.60. The van der Waals surface area contributed by atoms with E-state index in [4.69, 9.17) is 10.5 Å². The normalized spacial score (nSPS) is 6.50. The lowest BCUT2D eigenvalue weighted by Gasteiger charge is -1.81. The van der Waals surface area contributed by atoms with E-state index < -0.39 is 0 Å². The van der Waals surface area contributed by atoms with Crippen molar-refractivity contribution in [1.82, 2.24) is 0 Å². The first-order valence-electron chi connectivity index (χ1n) is 2.20. The molecule has 0 radical (unpaired) electrons. The average molecular weight is 106 g/mol. The molecule has 0 fully saturated rings. The zero-order chi connectivity index (χ0) is 6.57. The Morgan fingerprint density at radius 1 is 1.12 bits per heavy atom. The van der Waals surface area contributed by atoms with Crippen molar-refractivity contribution in [3.8, 4) is 12.1 Å². The summed E-state index contributed by atoms with van der Waals surface area (Å²) in [6.07, 6.45) is 0. The van der Waals surface area contributed by atoms with E-state index in [2.05, 4.69) is 0 Å². The second-order valence-electron chi connectivity index (χ2n) is 1.60. The molecule has 0 N–H and O–H groups in total. The summed E-state index contributed by atoms with van der Waals surface area (Å²) in [4.78, 5) is 0. The molecule has 0 atom stereocenters. The number of nitriles is 2. The second kappa shape index (κ2) is 2.82. The monoisotopic (exact) mass is 106 g/mol. The lowest BCUT2D eigenvalue weighted by Crippen LogP contribution is -1.74. The van der Waals surface area contributed by atoms with Gasteiger partial charge < -0.3 is 0 Å². The van der Waals surface area contributed by atoms with Gasteiger partial charge in [0.25, 0.3) is 0 Å². The molecule has 0 aliphatic heterocycles. The van der Waals surface area contributed by atoms with Crippen molar-refractivity contribution in [3.05, 3.63) is 11.1 Å². The number of hydrogen-bond donors (Lipinski definition) is 0. The topological polar surface area (TPSA) is 47.6 Å². The quantitative estimate of drug-likeness (QED) is 0.438. The summed E-state index contributed by atoms with van der Waals surface area (Å²) in [5, 5.41) is 16.3. The van der Waals surface area contributed by atoms with E-state index in [-0.39, 0.29) is 5.57 Å². The minimum Gasteiger partial charge on any atom is -0.192 e. The van der Waals surface area contributed by atoms with Gasteiger partial charge in [0.1, 0.15) is 17.7 Å². The van der Waals surface area contributed by atoms with Crippen molar-refractivity contribution in [3.63, 3.8) is 0 Å². The van der Waals surface area contributed by atoms with E-state index in [1.165, 1.54) is 0 Å². The Morgan fingerprint density at radius 3 is 1.50 bits per heavy atom. The molecule has 0 bridgehead atoms. The first kappa shape index (κ1) is 6.72. The van der Waals surface area contributed by atoms with Gasteiger partial charge in [-0.25, -0.2) is 0 Å². The Hall–Kier alpha value is -1.28. The van der Waals surface area contributed by atoms with Crippen LogP contribution >= 0.6 is 0 Å². The minimum absolute atomic E-state index is 0.213. The molecule has 0 aliphatic rings. The Bertz CT molecular complexity index is 168. The van der Waals surface area contributed by atoms with E-state index in [0.717, 1.165) is 5.57 Å². The lowest BCUT2D eigenvalue weighted by molar-refractivity contribution is 1.33. The Labute approximate surface area is 48.7 Å². The van der Waals surface area contributed by atoms with Crippen LogP contribution in [0.5, 0.6) is 0 Å². The minimum atomic E-state index is 0.213. The molecule has 0 unspecified atom stereocenters. The van der Waals surface area contributed by atoms with E-state index in [1.54, 1.807) is 26.0 Å². The first-order valence-corrected chi connectivity index (χ1v) is 2.20. The summed E-state index contributed by atoms with van der Waals surface area (Å²) in [5.74, 6) is 0. The van der Waals surface area contributed by atoms with Gasteiger partial charge in [0, 0.05) is 0 Å². The van der Waals surface area contributed by atoms with Crippen LogP contribution < -0.4 is 0 Å². The van der Waals surface area contributed by atoms with Crippen LogP contribution in [0.15, 0.2) is 11.1 Å². The molecule has 0 aromatic rings. The molecule has 0 heterocycles. The molecule has 0 aromatic carbocycles. The van der Waals surface area contributed by atoms with Crippen LogP contribution in [0.25, 0.3) is 0 Å². The van der Waals surface area contributed by atoms with E-state index in [1.807, 2.05) is 0 Å². The summed E-state index contributed by atoms with van der Waals surface area (Å²) in [5.41, 5.74) is 0.986. The molecule has 0 spiro atoms. The predicted octanol–water partition coefficient (Wildman–Crippen LogP) is 1.37. The van der Waals surface area contributed by atoms with Gasteiger partial charge in [-0.3, -0.25) is 0 Å². The van der Waals surface area contributed by atoms with Crippen molar-refractivity contribution in [2.75, 3.05) is 0 Å². The number of hydrogen-bond acceptors (Lipinski definition) is 2. The summed E-state index contributed by atoms with van der Waals surface area (Å²) >= 11 is 0. The highest BCUT2D eigenvalue weighted by Crippen LogP contribution is 1.97. The van der Waals surface area contributed by atoms with Crippen LogP contribution in [0.1, 0.15) is 13.8 Å². The summed E-state index contributed by atoms with van der Waals surface area (Å²) in [6.45, 7) is 3.48. The highest BCUT2D eigenvalue weighted by Gasteiger charge is 1.90. The number of allylic oxidation sites excluding steroid dienone is 2. The summed E-state index contributed by atoms with van der Waals surface area (Å²) < 4.78 is 0. The molecule has 2 heteroatoms. The molecule has 2 nitrogen and oxygen atoms in total. The first-order chi connectivity index (χ1) is 3.72. The molecule has 0 saturated carbocycles. The Morgan fingerprint density at radius 2 is 1.50 bits per heavy atom. The molecule has 0 amide bonds. The molecule has 0 saturated heterocycles. The van der Waals surface area contributed by atoms with E-state index in [9.17, 15) is 0 Å². The van der Waals surface area contributed by atoms with Crippen molar-refractivity contribution < 1.29 is 0 Å². The number of nitrogens with zero attached hydrogens (tertiary/aromatic N) is 2. The number of rotatable bonds is 0. The maximum absolute atomic E-state index is 8.17. The van der Waals surface area contributed by atoms with Crippen LogP contribution in [-0.2, 0) is 0 Å². The van der Waals surface area contributed by atoms with Crippen molar-refractivity contribution in [2.45, 2.75) is 13.8 Å². The molecule has 40 valence electrons. The Kier molecular flexibility index (Phi) is 2.37. The fourth-order valence-corrected chi connectivity index (χ4v) is 0.249. The predicted molar refractivity (Wildman–Crippen MR) is 29.6 cm³/mol. The van der Waals surface area contributed by atoms with Crippen LogP contribution in [0.3, 0.4) is 0 Å². The van der Waals surface area contributed by atoms with Crippen LogP contribution in [0, 0.1) is 22.7 Å². The Balaban J connectivity index is 4.47. The molecular formula is C6H6N2. The average Bonchev–Trinajstić information content (AvgIpc) is 1.69. The van der Waals surface area contributed by atoms with Gasteiger partial charge in [-0.2, -0.15) is 10.5 Å². The van der Waals surface area contributed by atoms with Crippen LogP contribution in [-0.4, -0.2) is 0 Å². The van der Waals surface area contributed by atoms with Crippen LogP contribution in [0.2, 0.25) is 0 Å². The third-order valence-electron chi connectivity index (χ3n) is 0.724. The maximum atomic E-state index is 8.17. The van der Waals surface area contributed by atoms with Crippen LogP contribution in [0.4, 0.5) is 0 Å². The fraction of sp³-hybridized carbons (Fsp3) is 0.333. The van der Waals surface area contributed by atoms with Crippen molar-refractivity contribution in [1.29, 1.82) is 10.5 Å². The molecule has 0 aromatic heterocycles. The van der Waals surface area contributed by atoms with Crippen molar-refractivity contribution in [2.24, 2.45) is 0 Å². The van der Waals surface area contributed by atoms with Gasteiger partial charge in [-0.05, 0) is 19.4 Å². The van der Waals surface area contributed by atoms with E-state index >= 15 is 0 Å². The lowest BCUT2D eigenvalue weighted by atomic mass is 10.2. The fourth-order valence-electron chi connectivity index (χ4n) is 0.249. The van der Waals surface area contributed by atoms with Gasteiger partial charge in [0.15, 0.2) is 0 Å². The third-order valence-corrected chi connectivity index (χ3v) is 0.724. The highest BCUT2D eigenvalue weighted by molar-refractivity contribution is 5.38. The molecule has 0 rings (SSSR count). The third kappa shape index (κ3) is 1.45. The SMILES string of the molecule is CC(C)=C(C#N)C#N. The zero-order valence-corrected chi connectivity index (χ0v) is 4.89. The van der Waals surface area contributed by atoms with Gasteiger partial charge in [-0.15, -0.1) is 0 Å².